The molecule has 7 heteroatoms. The second-order valence-electron chi connectivity index (χ2n) is 4.78. The minimum atomic E-state index is -0.251. The Hall–Kier alpha value is -1.09. The number of nitrogens with zero attached hydrogens (tertiary/aromatic N) is 2. The first-order valence-corrected chi connectivity index (χ1v) is 8.05. The molecule has 0 aliphatic heterocycles. The van der Waals surface area contributed by atoms with Crippen molar-refractivity contribution in [3.05, 3.63) is 58.6 Å². The van der Waals surface area contributed by atoms with Gasteiger partial charge in [0, 0.05) is 36.5 Å². The van der Waals surface area contributed by atoms with Gasteiger partial charge in [0.25, 0.3) is 0 Å². The van der Waals surface area contributed by atoms with E-state index in [9.17, 15) is 4.39 Å². The molecule has 0 aliphatic rings. The summed E-state index contributed by atoms with van der Waals surface area (Å²) in [6.07, 6.45) is 4.05. The first-order valence-electron chi connectivity index (χ1n) is 7.26. The van der Waals surface area contributed by atoms with Crippen LogP contribution in [0.2, 0.25) is 0 Å². The number of hydrogen-bond donors (Lipinski definition) is 2. The van der Waals surface area contributed by atoms with Gasteiger partial charge in [0.15, 0.2) is 5.96 Å². The highest BCUT2D eigenvalue weighted by atomic mass is 127. The molecule has 1 heterocycles. The summed E-state index contributed by atoms with van der Waals surface area (Å²) in [5.41, 5.74) is 0.822. The zero-order chi connectivity index (χ0) is 15.8. The lowest BCUT2D eigenvalue weighted by Gasteiger charge is -2.12. The molecule has 0 atom stereocenters. The van der Waals surface area contributed by atoms with Crippen LogP contribution in [0.5, 0.6) is 0 Å². The van der Waals surface area contributed by atoms with Crippen LogP contribution in [0.3, 0.4) is 0 Å². The molecule has 0 spiro atoms. The number of halogens is 3. The average Bonchev–Trinajstić information content (AvgIpc) is 3.01. The van der Waals surface area contributed by atoms with Gasteiger partial charge in [0.05, 0.1) is 6.54 Å². The molecule has 0 radical (unpaired) electrons. The van der Waals surface area contributed by atoms with Crippen molar-refractivity contribution in [2.75, 3.05) is 13.1 Å². The number of hydrogen-bond acceptors (Lipinski definition) is 1. The van der Waals surface area contributed by atoms with Crippen LogP contribution in [0.1, 0.15) is 12.5 Å². The molecule has 0 amide bonds. The summed E-state index contributed by atoms with van der Waals surface area (Å²) < 4.78 is 16.2. The molecular formula is C16H21BrFIN4. The largest absolute Gasteiger partial charge is 0.357 e. The van der Waals surface area contributed by atoms with Gasteiger partial charge in [-0.15, -0.1) is 24.0 Å². The number of aliphatic imine (C=N–C) groups is 1. The van der Waals surface area contributed by atoms with Crippen LogP contribution >= 0.6 is 39.9 Å². The molecule has 4 nitrogen and oxygen atoms in total. The van der Waals surface area contributed by atoms with Crippen LogP contribution in [0.25, 0.3) is 0 Å². The minimum absolute atomic E-state index is 0. The summed E-state index contributed by atoms with van der Waals surface area (Å²) in [4.78, 5) is 4.49. The third-order valence-electron chi connectivity index (χ3n) is 3.09. The normalized spacial score (nSPS) is 11.0. The molecular weight excluding hydrogens is 474 g/mol. The number of benzene rings is 1. The minimum Gasteiger partial charge on any atom is -0.357 e. The Labute approximate surface area is 161 Å². The zero-order valence-corrected chi connectivity index (χ0v) is 16.8. The van der Waals surface area contributed by atoms with Crippen LogP contribution in [0.15, 0.2) is 52.2 Å². The predicted octanol–water partition coefficient (Wildman–Crippen LogP) is 3.76. The molecule has 2 rings (SSSR count). The van der Waals surface area contributed by atoms with Gasteiger partial charge in [-0.05, 0) is 42.8 Å². The van der Waals surface area contributed by atoms with Gasteiger partial charge in [-0.3, -0.25) is 0 Å². The van der Waals surface area contributed by atoms with Gasteiger partial charge >= 0.3 is 0 Å². The maximum absolute atomic E-state index is 13.3. The molecule has 2 aromatic rings. The van der Waals surface area contributed by atoms with E-state index in [4.69, 9.17) is 0 Å². The van der Waals surface area contributed by atoms with Crippen molar-refractivity contribution < 1.29 is 4.39 Å². The predicted molar refractivity (Wildman–Crippen MR) is 107 cm³/mol. The van der Waals surface area contributed by atoms with E-state index in [1.54, 1.807) is 6.07 Å². The quantitative estimate of drug-likeness (QED) is 0.364. The molecule has 0 bridgehead atoms. The third kappa shape index (κ3) is 6.90. The van der Waals surface area contributed by atoms with Crippen molar-refractivity contribution in [1.29, 1.82) is 0 Å². The van der Waals surface area contributed by atoms with Crippen molar-refractivity contribution in [1.82, 2.24) is 15.2 Å². The molecule has 1 aromatic carbocycles. The van der Waals surface area contributed by atoms with Gasteiger partial charge in [-0.2, -0.15) is 0 Å². The molecule has 126 valence electrons. The second kappa shape index (κ2) is 10.6. The summed E-state index contributed by atoms with van der Waals surface area (Å²) in [7, 11) is 0. The van der Waals surface area contributed by atoms with E-state index in [1.807, 2.05) is 31.5 Å². The van der Waals surface area contributed by atoms with Crippen LogP contribution < -0.4 is 10.6 Å². The van der Waals surface area contributed by atoms with E-state index < -0.39 is 0 Å². The highest BCUT2D eigenvalue weighted by Gasteiger charge is 2.02. The zero-order valence-electron chi connectivity index (χ0n) is 12.9. The lowest BCUT2D eigenvalue weighted by atomic mass is 10.2. The first kappa shape index (κ1) is 20.0. The van der Waals surface area contributed by atoms with Gasteiger partial charge in [-0.25, -0.2) is 9.38 Å². The Balaban J connectivity index is 0.00000264. The van der Waals surface area contributed by atoms with E-state index in [1.165, 1.54) is 12.1 Å². The van der Waals surface area contributed by atoms with E-state index in [2.05, 4.69) is 36.1 Å². The summed E-state index contributed by atoms with van der Waals surface area (Å²) in [6, 6.07) is 8.63. The van der Waals surface area contributed by atoms with Crippen LogP contribution in [0.4, 0.5) is 4.39 Å². The molecule has 23 heavy (non-hydrogen) atoms. The summed E-state index contributed by atoms with van der Waals surface area (Å²) in [5, 5.41) is 6.46. The fourth-order valence-electron chi connectivity index (χ4n) is 1.99. The van der Waals surface area contributed by atoms with Gasteiger partial charge in [-0.1, -0.05) is 15.9 Å². The molecule has 1 aromatic heterocycles. The summed E-state index contributed by atoms with van der Waals surface area (Å²) in [5.74, 6) is 0.477. The Kier molecular flexibility index (Phi) is 9.23. The number of rotatable bonds is 6. The molecule has 0 fully saturated rings. The number of aromatic nitrogens is 1. The lowest BCUT2D eigenvalue weighted by molar-refractivity contribution is 0.625. The van der Waals surface area contributed by atoms with Crippen LogP contribution in [-0.2, 0) is 13.1 Å². The maximum atomic E-state index is 13.3. The Morgan fingerprint density at radius 3 is 2.70 bits per heavy atom. The fraction of sp³-hybridized carbons (Fsp3) is 0.312. The van der Waals surface area contributed by atoms with Crippen molar-refractivity contribution in [3.8, 4) is 0 Å². The summed E-state index contributed by atoms with van der Waals surface area (Å²) in [6.45, 7) is 4.84. The number of guanidine groups is 1. The van der Waals surface area contributed by atoms with E-state index in [0.717, 1.165) is 35.6 Å². The molecule has 0 saturated heterocycles. The van der Waals surface area contributed by atoms with Crippen molar-refractivity contribution in [2.24, 2.45) is 4.99 Å². The molecule has 2 N–H and O–H groups in total. The van der Waals surface area contributed by atoms with Crippen molar-refractivity contribution in [2.45, 2.75) is 20.0 Å². The van der Waals surface area contributed by atoms with Crippen molar-refractivity contribution in [3.63, 3.8) is 0 Å². The molecule has 0 saturated carbocycles. The first-order chi connectivity index (χ1) is 10.7. The highest BCUT2D eigenvalue weighted by Crippen LogP contribution is 2.18. The van der Waals surface area contributed by atoms with E-state index >= 15 is 0 Å². The van der Waals surface area contributed by atoms with Crippen LogP contribution in [0, 0.1) is 5.82 Å². The highest BCUT2D eigenvalue weighted by molar-refractivity contribution is 14.0. The fourth-order valence-corrected chi connectivity index (χ4v) is 2.37. The second-order valence-corrected chi connectivity index (χ2v) is 5.63. The SMILES string of the molecule is CCNC(=NCc1cc(F)ccc1Br)NCCn1cccc1.I. The van der Waals surface area contributed by atoms with Gasteiger partial charge in [0.2, 0.25) is 0 Å². The maximum Gasteiger partial charge on any atom is 0.191 e. The third-order valence-corrected chi connectivity index (χ3v) is 3.86. The Morgan fingerprint density at radius 2 is 2.00 bits per heavy atom. The van der Waals surface area contributed by atoms with Crippen LogP contribution in [-0.4, -0.2) is 23.6 Å². The topological polar surface area (TPSA) is 41.4 Å². The van der Waals surface area contributed by atoms with Gasteiger partial charge in [0.1, 0.15) is 5.82 Å². The van der Waals surface area contributed by atoms with Gasteiger partial charge < -0.3 is 15.2 Å². The Morgan fingerprint density at radius 1 is 1.26 bits per heavy atom. The summed E-state index contributed by atoms with van der Waals surface area (Å²) >= 11 is 3.42. The number of nitrogens with one attached hydrogen (secondary N) is 2. The molecule has 0 aliphatic carbocycles. The van der Waals surface area contributed by atoms with E-state index in [-0.39, 0.29) is 29.8 Å². The average molecular weight is 495 g/mol. The standard InChI is InChI=1S/C16H20BrFN4.HI/c1-2-19-16(20-7-10-22-8-3-4-9-22)21-12-13-11-14(18)5-6-15(13)17;/h3-6,8-9,11H,2,7,10,12H2,1H3,(H2,19,20,21);1H. The smallest absolute Gasteiger partial charge is 0.191 e. The lowest BCUT2D eigenvalue weighted by Crippen LogP contribution is -2.38. The van der Waals surface area contributed by atoms with Crippen molar-refractivity contribution >= 4 is 45.9 Å². The monoisotopic (exact) mass is 494 g/mol. The Bertz CT molecular complexity index is 617. The van der Waals surface area contributed by atoms with E-state index in [0.29, 0.717) is 6.54 Å². The molecule has 0 unspecified atom stereocenters.